The molecular formula is C56H70O10. The third kappa shape index (κ3) is 11.4. The summed E-state index contributed by atoms with van der Waals surface area (Å²) in [5, 5.41) is 21.5. The van der Waals surface area contributed by atoms with Crippen LogP contribution in [0.25, 0.3) is 6.08 Å². The average molecular weight is 903 g/mol. The van der Waals surface area contributed by atoms with Crippen molar-refractivity contribution in [3.63, 3.8) is 0 Å². The second-order valence-corrected chi connectivity index (χ2v) is 19.6. The Morgan fingerprint density at radius 1 is 0.667 bits per heavy atom. The Morgan fingerprint density at radius 3 is 1.67 bits per heavy atom. The molecule has 8 rings (SSSR count). The molecule has 2 heterocycles. The second-order valence-electron chi connectivity index (χ2n) is 19.6. The minimum atomic E-state index is -0.747. The van der Waals surface area contributed by atoms with Gasteiger partial charge in [-0.3, -0.25) is 0 Å². The number of aliphatic hydroxyl groups excluding tert-OH is 2. The molecular weight excluding hydrogens is 833 g/mol. The van der Waals surface area contributed by atoms with Gasteiger partial charge in [0, 0.05) is 27.8 Å². The van der Waals surface area contributed by atoms with Gasteiger partial charge in [0.15, 0.2) is 0 Å². The summed E-state index contributed by atoms with van der Waals surface area (Å²) in [6, 6.07) is 15.4. The SMILES string of the molecule is COc1c(C(O)CC(C)C)ccc2c1C(=O)OCc1cc(C)cc(/C=C/C3CCCC3)c1O2.COc1c(C(O)CC(C)C)ccc2c1C(=O)OCc1cc(C)cc(CCC3CCCC3)c1O2. The standard InChI is InChI=1S/C28H36O5.C28H34O5/c2*1-17(2)13-23(29)22-11-12-24-25(27(22)31-4)28(30)32-16-21-15-18(3)14-20(26(21)33-24)10-9-19-7-5-6-8-19/h11-12,14-15,17,19,23,29H,5-10,13,16H2,1-4H3;9-12,14-15,17,19,23,29H,5-8,13,16H2,1-4H3/b;10-9+. The first-order valence-electron chi connectivity index (χ1n) is 24.2. The number of ether oxygens (including phenoxy) is 6. The number of benzene rings is 4. The van der Waals surface area contributed by atoms with E-state index < -0.39 is 24.1 Å². The van der Waals surface area contributed by atoms with Crippen molar-refractivity contribution in [2.45, 2.75) is 144 Å². The van der Waals surface area contributed by atoms with Crippen LogP contribution in [0.1, 0.15) is 176 Å². The molecule has 0 bridgehead atoms. The monoisotopic (exact) mass is 902 g/mol. The Morgan fingerprint density at radius 2 is 1.15 bits per heavy atom. The Hall–Kier alpha value is -5.32. The molecule has 2 saturated carbocycles. The number of aliphatic hydroxyl groups is 2. The van der Waals surface area contributed by atoms with Crippen molar-refractivity contribution in [2.24, 2.45) is 23.7 Å². The van der Waals surface area contributed by atoms with Crippen LogP contribution in [0.2, 0.25) is 0 Å². The first-order valence-corrected chi connectivity index (χ1v) is 24.2. The van der Waals surface area contributed by atoms with Crippen molar-refractivity contribution in [2.75, 3.05) is 14.2 Å². The van der Waals surface area contributed by atoms with E-state index in [9.17, 15) is 19.8 Å². The van der Waals surface area contributed by atoms with E-state index in [1.54, 1.807) is 24.3 Å². The first kappa shape index (κ1) is 48.6. The van der Waals surface area contributed by atoms with Gasteiger partial charge in [-0.2, -0.15) is 0 Å². The lowest BCUT2D eigenvalue weighted by Crippen LogP contribution is -2.15. The van der Waals surface area contributed by atoms with Gasteiger partial charge in [-0.1, -0.05) is 90.0 Å². The largest absolute Gasteiger partial charge is 0.495 e. The summed E-state index contributed by atoms with van der Waals surface area (Å²) in [5.74, 6) is 3.85. The van der Waals surface area contributed by atoms with Crippen LogP contribution in [0.4, 0.5) is 0 Å². The van der Waals surface area contributed by atoms with Gasteiger partial charge in [-0.15, -0.1) is 0 Å². The maximum absolute atomic E-state index is 13.1. The van der Waals surface area contributed by atoms with E-state index in [1.807, 2.05) is 46.8 Å². The predicted molar refractivity (Wildman–Crippen MR) is 257 cm³/mol. The number of hydrogen-bond donors (Lipinski definition) is 2. The molecule has 66 heavy (non-hydrogen) atoms. The number of fused-ring (bicyclic) bond motifs is 4. The van der Waals surface area contributed by atoms with E-state index in [0.29, 0.717) is 70.5 Å². The maximum Gasteiger partial charge on any atom is 0.346 e. The van der Waals surface area contributed by atoms with E-state index in [0.717, 1.165) is 57.9 Å². The quantitative estimate of drug-likeness (QED) is 0.125. The fraction of sp³-hybridized carbons (Fsp3) is 0.500. The van der Waals surface area contributed by atoms with Crippen LogP contribution in [0.15, 0.2) is 54.6 Å². The summed E-state index contributed by atoms with van der Waals surface area (Å²) in [7, 11) is 3.01. The molecule has 10 heteroatoms. The Bertz CT molecular complexity index is 2380. The van der Waals surface area contributed by atoms with Crippen LogP contribution in [0, 0.1) is 37.5 Å². The van der Waals surface area contributed by atoms with Crippen LogP contribution >= 0.6 is 0 Å². The molecule has 2 fully saturated rings. The second kappa shape index (κ2) is 22.0. The number of methoxy groups -OCH3 is 2. The normalized spacial score (nSPS) is 17.1. The van der Waals surface area contributed by atoms with Gasteiger partial charge in [-0.05, 0) is 130 Å². The van der Waals surface area contributed by atoms with E-state index in [2.05, 4.69) is 31.2 Å². The number of carbonyl (C=O) groups excluding carboxylic acids is 2. The number of allylic oxidation sites excluding steroid dienone is 1. The van der Waals surface area contributed by atoms with E-state index in [4.69, 9.17) is 28.4 Å². The smallest absolute Gasteiger partial charge is 0.346 e. The fourth-order valence-electron chi connectivity index (χ4n) is 10.1. The van der Waals surface area contributed by atoms with Crippen LogP contribution in [0.5, 0.6) is 34.5 Å². The Kier molecular flexibility index (Phi) is 16.2. The predicted octanol–water partition coefficient (Wildman–Crippen LogP) is 13.4. The van der Waals surface area contributed by atoms with Crippen molar-refractivity contribution >= 4 is 18.0 Å². The van der Waals surface area contributed by atoms with Gasteiger partial charge in [0.05, 0.1) is 26.4 Å². The lowest BCUT2D eigenvalue weighted by molar-refractivity contribution is 0.0444. The van der Waals surface area contributed by atoms with Crippen LogP contribution in [-0.4, -0.2) is 36.4 Å². The first-order chi connectivity index (χ1) is 31.7. The molecule has 354 valence electrons. The van der Waals surface area contributed by atoms with Crippen molar-refractivity contribution in [3.05, 3.63) is 110 Å². The Labute approximate surface area is 391 Å². The zero-order valence-corrected chi connectivity index (χ0v) is 40.3. The Balaban J connectivity index is 0.000000196. The number of hydrogen-bond acceptors (Lipinski definition) is 10. The number of carbonyl (C=O) groups is 2. The molecule has 0 aromatic heterocycles. The van der Waals surface area contributed by atoms with Crippen LogP contribution in [-0.2, 0) is 29.1 Å². The minimum absolute atomic E-state index is 0.113. The fourth-order valence-corrected chi connectivity index (χ4v) is 10.1. The third-order valence-corrected chi connectivity index (χ3v) is 13.3. The van der Waals surface area contributed by atoms with Gasteiger partial charge in [-0.25, -0.2) is 9.59 Å². The minimum Gasteiger partial charge on any atom is -0.495 e. The zero-order chi connectivity index (χ0) is 47.1. The summed E-state index contributed by atoms with van der Waals surface area (Å²) < 4.78 is 35.5. The molecule has 2 aliphatic heterocycles. The molecule has 4 aromatic carbocycles. The zero-order valence-electron chi connectivity index (χ0n) is 40.3. The number of esters is 2. The summed E-state index contributed by atoms with van der Waals surface area (Å²) in [6.45, 7) is 12.5. The van der Waals surface area contributed by atoms with Crippen LogP contribution < -0.4 is 18.9 Å². The van der Waals surface area contributed by atoms with E-state index in [-0.39, 0.29) is 24.3 Å². The van der Waals surface area contributed by atoms with Crippen molar-refractivity contribution in [3.8, 4) is 34.5 Å². The van der Waals surface area contributed by atoms with Gasteiger partial charge in [0.1, 0.15) is 58.8 Å². The van der Waals surface area contributed by atoms with E-state index in [1.165, 1.54) is 65.6 Å². The third-order valence-electron chi connectivity index (χ3n) is 13.3. The molecule has 0 saturated heterocycles. The van der Waals surface area contributed by atoms with Crippen LogP contribution in [0.3, 0.4) is 0 Å². The summed E-state index contributed by atoms with van der Waals surface area (Å²) in [4.78, 5) is 26.1. The number of aryl methyl sites for hydroxylation is 3. The number of cyclic esters (lactones) is 2. The maximum atomic E-state index is 13.1. The number of rotatable bonds is 13. The van der Waals surface area contributed by atoms with Crippen molar-refractivity contribution < 1.29 is 48.2 Å². The summed E-state index contributed by atoms with van der Waals surface area (Å²) in [5.41, 5.74) is 7.69. The van der Waals surface area contributed by atoms with Gasteiger partial charge >= 0.3 is 11.9 Å². The highest BCUT2D eigenvalue weighted by Gasteiger charge is 2.32. The van der Waals surface area contributed by atoms with E-state index >= 15 is 0 Å². The summed E-state index contributed by atoms with van der Waals surface area (Å²) in [6.07, 6.45) is 16.5. The molecule has 0 spiro atoms. The van der Waals surface area contributed by atoms with Gasteiger partial charge in [0.25, 0.3) is 0 Å². The summed E-state index contributed by atoms with van der Waals surface area (Å²) >= 11 is 0. The molecule has 0 amide bonds. The topological polar surface area (TPSA) is 130 Å². The van der Waals surface area contributed by atoms with Crippen molar-refractivity contribution in [1.82, 2.24) is 0 Å². The average Bonchev–Trinajstić information content (AvgIpc) is 4.01. The molecule has 10 nitrogen and oxygen atoms in total. The molecule has 4 aliphatic rings. The molecule has 2 N–H and O–H groups in total. The highest BCUT2D eigenvalue weighted by atomic mass is 16.6. The van der Waals surface area contributed by atoms with Gasteiger partial charge < -0.3 is 38.6 Å². The molecule has 2 unspecified atom stereocenters. The molecule has 0 radical (unpaired) electrons. The highest BCUT2D eigenvalue weighted by molar-refractivity contribution is 5.97. The van der Waals surface area contributed by atoms with Gasteiger partial charge in [0.2, 0.25) is 0 Å². The molecule has 2 aliphatic carbocycles. The lowest BCUT2D eigenvalue weighted by Gasteiger charge is -2.25. The lowest BCUT2D eigenvalue weighted by atomic mass is 9.94. The molecule has 2 atom stereocenters. The highest BCUT2D eigenvalue weighted by Crippen LogP contribution is 2.45. The van der Waals surface area contributed by atoms with Crippen molar-refractivity contribution in [1.29, 1.82) is 0 Å². The molecule has 4 aromatic rings.